The molecule has 0 saturated carbocycles. The maximum Gasteiger partial charge on any atom is 0.549 e. The first kappa shape index (κ1) is 14.0. The molecule has 0 aliphatic heterocycles. The van der Waals surface area contributed by atoms with Crippen LogP contribution in [0.5, 0.6) is 0 Å². The van der Waals surface area contributed by atoms with Crippen molar-refractivity contribution < 1.29 is 24.1 Å². The van der Waals surface area contributed by atoms with Crippen LogP contribution < -0.4 is 0 Å². The predicted octanol–water partition coefficient (Wildman–Crippen LogP) is 2.94. The molecular formula is C13H16O5. The molecule has 0 heterocycles. The van der Waals surface area contributed by atoms with Crippen LogP contribution in [0.15, 0.2) is 18.2 Å². The fourth-order valence-corrected chi connectivity index (χ4v) is 1.37. The van der Waals surface area contributed by atoms with Crippen LogP contribution in [0.2, 0.25) is 0 Å². The topological polar surface area (TPSA) is 61.8 Å². The summed E-state index contributed by atoms with van der Waals surface area (Å²) in [6.45, 7) is 5.76. The van der Waals surface area contributed by atoms with E-state index in [-0.39, 0.29) is 6.61 Å². The molecule has 0 atom stereocenters. The number of carbonyl (C=O) groups excluding carboxylic acids is 2. The predicted molar refractivity (Wildman–Crippen MR) is 64.1 cm³/mol. The van der Waals surface area contributed by atoms with Crippen molar-refractivity contribution in [2.45, 2.75) is 27.2 Å². The highest BCUT2D eigenvalue weighted by atomic mass is 17.2. The molecule has 0 spiro atoms. The normalized spacial score (nSPS) is 9.72. The molecule has 0 aliphatic rings. The maximum atomic E-state index is 11.6. The minimum absolute atomic E-state index is 0.222. The average Bonchev–Trinajstić information content (AvgIpc) is 2.33. The molecule has 0 aliphatic carbocycles. The van der Waals surface area contributed by atoms with Crippen LogP contribution in [-0.2, 0) is 14.5 Å². The minimum Gasteiger partial charge on any atom is -0.432 e. The zero-order valence-electron chi connectivity index (χ0n) is 10.7. The minimum atomic E-state index is -1.02. The molecule has 1 rings (SSSR count). The van der Waals surface area contributed by atoms with Crippen molar-refractivity contribution in [2.75, 3.05) is 6.61 Å². The molecule has 0 unspecified atom stereocenters. The summed E-state index contributed by atoms with van der Waals surface area (Å²) in [6.07, 6.45) is -0.352. The van der Waals surface area contributed by atoms with Gasteiger partial charge in [-0.15, -0.1) is 0 Å². The summed E-state index contributed by atoms with van der Waals surface area (Å²) in [6, 6.07) is 5.23. The second kappa shape index (κ2) is 6.64. The van der Waals surface area contributed by atoms with Crippen LogP contribution in [0.4, 0.5) is 4.79 Å². The first-order valence-corrected chi connectivity index (χ1v) is 5.67. The molecule has 0 bridgehead atoms. The molecule has 1 aromatic rings. The molecule has 5 nitrogen and oxygen atoms in total. The van der Waals surface area contributed by atoms with Crippen LogP contribution in [0.3, 0.4) is 0 Å². The van der Waals surface area contributed by atoms with Gasteiger partial charge in [0.2, 0.25) is 0 Å². The van der Waals surface area contributed by atoms with Crippen molar-refractivity contribution in [3.63, 3.8) is 0 Å². The number of benzene rings is 1. The summed E-state index contributed by atoms with van der Waals surface area (Å²) < 4.78 is 4.59. The number of hydrogen-bond donors (Lipinski definition) is 0. The van der Waals surface area contributed by atoms with Crippen molar-refractivity contribution in [1.29, 1.82) is 0 Å². The van der Waals surface area contributed by atoms with Crippen LogP contribution in [0.25, 0.3) is 0 Å². The Morgan fingerprint density at radius 1 is 1.17 bits per heavy atom. The van der Waals surface area contributed by atoms with Crippen LogP contribution in [-0.4, -0.2) is 18.7 Å². The van der Waals surface area contributed by atoms with Gasteiger partial charge in [0.25, 0.3) is 0 Å². The Morgan fingerprint density at radius 3 is 2.50 bits per heavy atom. The highest BCUT2D eigenvalue weighted by Gasteiger charge is 2.15. The van der Waals surface area contributed by atoms with Gasteiger partial charge in [-0.25, -0.2) is 14.6 Å². The Morgan fingerprint density at radius 2 is 1.89 bits per heavy atom. The van der Waals surface area contributed by atoms with Crippen LogP contribution in [0, 0.1) is 13.8 Å². The Kier molecular flexibility index (Phi) is 5.17. The molecule has 0 aromatic heterocycles. The van der Waals surface area contributed by atoms with Gasteiger partial charge >= 0.3 is 12.1 Å². The Labute approximate surface area is 106 Å². The van der Waals surface area contributed by atoms with E-state index >= 15 is 0 Å². The number of aryl methyl sites for hydroxylation is 2. The lowest BCUT2D eigenvalue weighted by molar-refractivity contribution is -0.203. The quantitative estimate of drug-likeness (QED) is 0.470. The van der Waals surface area contributed by atoms with E-state index in [9.17, 15) is 9.59 Å². The van der Waals surface area contributed by atoms with Gasteiger partial charge in [0.1, 0.15) is 0 Å². The molecule has 1 aromatic carbocycles. The van der Waals surface area contributed by atoms with Gasteiger partial charge in [-0.1, -0.05) is 24.6 Å². The van der Waals surface area contributed by atoms with E-state index in [2.05, 4.69) is 14.5 Å². The number of carbonyl (C=O) groups is 2. The summed E-state index contributed by atoms with van der Waals surface area (Å²) in [5.74, 6) is -0.721. The highest BCUT2D eigenvalue weighted by molar-refractivity contribution is 5.91. The van der Waals surface area contributed by atoms with Crippen molar-refractivity contribution in [2.24, 2.45) is 0 Å². The lowest BCUT2D eigenvalue weighted by Crippen LogP contribution is -2.14. The largest absolute Gasteiger partial charge is 0.549 e. The molecule has 0 amide bonds. The van der Waals surface area contributed by atoms with Crippen LogP contribution in [0.1, 0.15) is 34.8 Å². The second-order valence-electron chi connectivity index (χ2n) is 3.87. The SMILES string of the molecule is CCCOC(=O)OOC(=O)c1ccc(C)cc1C. The maximum absolute atomic E-state index is 11.6. The van der Waals surface area contributed by atoms with Gasteiger partial charge in [-0.2, -0.15) is 4.79 Å². The summed E-state index contributed by atoms with van der Waals surface area (Å²) >= 11 is 0. The van der Waals surface area contributed by atoms with Gasteiger partial charge in [0, 0.05) is 0 Å². The molecule has 98 valence electrons. The first-order valence-electron chi connectivity index (χ1n) is 5.67. The van der Waals surface area contributed by atoms with Crippen molar-refractivity contribution in [1.82, 2.24) is 0 Å². The third kappa shape index (κ3) is 4.08. The lowest BCUT2D eigenvalue weighted by atomic mass is 10.1. The molecule has 5 heteroatoms. The summed E-state index contributed by atoms with van der Waals surface area (Å²) in [4.78, 5) is 31.2. The molecule has 0 fully saturated rings. The fraction of sp³-hybridized carbons (Fsp3) is 0.385. The summed E-state index contributed by atoms with van der Waals surface area (Å²) in [5, 5.41) is 0. The standard InChI is InChI=1S/C13H16O5/c1-4-7-16-13(15)18-17-12(14)11-6-5-9(2)8-10(11)3/h5-6,8H,4,7H2,1-3H3. The molecule has 18 heavy (non-hydrogen) atoms. The zero-order valence-corrected chi connectivity index (χ0v) is 10.7. The Bertz CT molecular complexity index is 439. The highest BCUT2D eigenvalue weighted by Crippen LogP contribution is 2.12. The van der Waals surface area contributed by atoms with Gasteiger partial charge < -0.3 is 4.74 Å². The number of rotatable bonds is 3. The monoisotopic (exact) mass is 252 g/mol. The van der Waals surface area contributed by atoms with Gasteiger partial charge in [-0.3, -0.25) is 0 Å². The lowest BCUT2D eigenvalue weighted by Gasteiger charge is -2.06. The molecular weight excluding hydrogens is 236 g/mol. The van der Waals surface area contributed by atoms with Crippen molar-refractivity contribution >= 4 is 12.1 Å². The van der Waals surface area contributed by atoms with E-state index in [4.69, 9.17) is 0 Å². The Balaban J connectivity index is 2.53. The van der Waals surface area contributed by atoms with Gasteiger partial charge in [-0.05, 0) is 31.9 Å². The van der Waals surface area contributed by atoms with Crippen molar-refractivity contribution in [3.8, 4) is 0 Å². The first-order chi connectivity index (χ1) is 8.54. The average molecular weight is 252 g/mol. The smallest absolute Gasteiger partial charge is 0.432 e. The summed E-state index contributed by atoms with van der Waals surface area (Å²) in [7, 11) is 0. The van der Waals surface area contributed by atoms with E-state index in [1.54, 1.807) is 19.1 Å². The number of ether oxygens (including phenoxy) is 1. The van der Waals surface area contributed by atoms with E-state index < -0.39 is 12.1 Å². The van der Waals surface area contributed by atoms with E-state index in [1.165, 1.54) is 0 Å². The van der Waals surface area contributed by atoms with E-state index in [1.807, 2.05) is 19.9 Å². The van der Waals surface area contributed by atoms with Gasteiger partial charge in [0.05, 0.1) is 12.2 Å². The summed E-state index contributed by atoms with van der Waals surface area (Å²) in [5.41, 5.74) is 2.14. The molecule has 0 saturated heterocycles. The van der Waals surface area contributed by atoms with Gasteiger partial charge in [0.15, 0.2) is 0 Å². The molecule has 0 radical (unpaired) electrons. The second-order valence-corrected chi connectivity index (χ2v) is 3.87. The number of hydrogen-bond acceptors (Lipinski definition) is 5. The third-order valence-electron chi connectivity index (χ3n) is 2.21. The third-order valence-corrected chi connectivity index (χ3v) is 2.21. The zero-order chi connectivity index (χ0) is 13.5. The van der Waals surface area contributed by atoms with Crippen LogP contribution >= 0.6 is 0 Å². The Hall–Kier alpha value is -2.04. The van der Waals surface area contributed by atoms with E-state index in [0.29, 0.717) is 12.0 Å². The van der Waals surface area contributed by atoms with Crippen molar-refractivity contribution in [3.05, 3.63) is 34.9 Å². The molecule has 0 N–H and O–H groups in total. The van der Waals surface area contributed by atoms with E-state index in [0.717, 1.165) is 11.1 Å². The fourth-order valence-electron chi connectivity index (χ4n) is 1.37.